The van der Waals surface area contributed by atoms with Gasteiger partial charge in [0.2, 0.25) is 5.91 Å². The molecule has 2 aromatic heterocycles. The van der Waals surface area contributed by atoms with Crippen molar-refractivity contribution in [2.75, 3.05) is 24.7 Å². The van der Waals surface area contributed by atoms with Crippen molar-refractivity contribution in [3.8, 4) is 16.9 Å². The van der Waals surface area contributed by atoms with Crippen LogP contribution < -0.4 is 10.2 Å². The number of piperidine rings is 1. The Morgan fingerprint density at radius 1 is 1.05 bits per heavy atom. The van der Waals surface area contributed by atoms with Gasteiger partial charge in [0, 0.05) is 36.7 Å². The molecule has 44 heavy (non-hydrogen) atoms. The standard InChI is InChI=1S/C30H24ClF5N6O2/c1-17-11-20(13-22(31)26(17)33)41-16-38-28(44)29(41)6-9-40(10-7-29)27(43)24-14-25(18-3-2-8-37-15-18)42(39-24)19-4-5-23(32)21(12-19)30(34,35)36/h2-5,8,11-15H,6-7,9-10,16H2,1H3,(H,38,44). The maximum atomic E-state index is 14.2. The molecule has 0 bridgehead atoms. The van der Waals surface area contributed by atoms with E-state index < -0.39 is 34.8 Å². The van der Waals surface area contributed by atoms with Crippen LogP contribution in [0, 0.1) is 18.6 Å². The molecule has 0 atom stereocenters. The van der Waals surface area contributed by atoms with Gasteiger partial charge in [0.1, 0.15) is 17.2 Å². The maximum Gasteiger partial charge on any atom is 0.419 e. The van der Waals surface area contributed by atoms with E-state index in [0.29, 0.717) is 28.9 Å². The molecule has 4 heterocycles. The van der Waals surface area contributed by atoms with Crippen molar-refractivity contribution in [1.29, 1.82) is 0 Å². The lowest BCUT2D eigenvalue weighted by molar-refractivity contribution is -0.140. The van der Waals surface area contributed by atoms with Crippen LogP contribution in [0.15, 0.2) is 60.9 Å². The number of amides is 2. The van der Waals surface area contributed by atoms with Gasteiger partial charge in [0.15, 0.2) is 5.69 Å². The predicted molar refractivity (Wildman–Crippen MR) is 151 cm³/mol. The zero-order valence-electron chi connectivity index (χ0n) is 23.1. The molecule has 8 nitrogen and oxygen atoms in total. The number of pyridine rings is 1. The lowest BCUT2D eigenvalue weighted by Gasteiger charge is -2.43. The van der Waals surface area contributed by atoms with E-state index in [9.17, 15) is 31.5 Å². The van der Waals surface area contributed by atoms with Gasteiger partial charge in [0.25, 0.3) is 5.91 Å². The fourth-order valence-electron chi connectivity index (χ4n) is 5.80. The molecule has 6 rings (SSSR count). The van der Waals surface area contributed by atoms with Gasteiger partial charge in [-0.1, -0.05) is 11.6 Å². The Morgan fingerprint density at radius 3 is 2.45 bits per heavy atom. The van der Waals surface area contributed by atoms with Crippen molar-refractivity contribution in [3.63, 3.8) is 0 Å². The molecular weight excluding hydrogens is 607 g/mol. The van der Waals surface area contributed by atoms with E-state index in [0.717, 1.165) is 10.7 Å². The summed E-state index contributed by atoms with van der Waals surface area (Å²) >= 11 is 6.09. The van der Waals surface area contributed by atoms with E-state index in [1.54, 1.807) is 25.1 Å². The summed E-state index contributed by atoms with van der Waals surface area (Å²) in [5, 5.41) is 7.13. The number of benzene rings is 2. The molecule has 2 fully saturated rings. The smallest absolute Gasteiger partial charge is 0.339 e. The van der Waals surface area contributed by atoms with Crippen molar-refractivity contribution in [2.24, 2.45) is 0 Å². The highest BCUT2D eigenvalue weighted by molar-refractivity contribution is 6.31. The highest BCUT2D eigenvalue weighted by atomic mass is 35.5. The van der Waals surface area contributed by atoms with Crippen molar-refractivity contribution in [2.45, 2.75) is 31.5 Å². The minimum Gasteiger partial charge on any atom is -0.339 e. The molecular formula is C30H24ClF5N6O2. The van der Waals surface area contributed by atoms with Crippen molar-refractivity contribution in [3.05, 3.63) is 94.4 Å². The number of nitrogens with zero attached hydrogens (tertiary/aromatic N) is 5. The number of alkyl halides is 3. The highest BCUT2D eigenvalue weighted by Crippen LogP contribution is 2.39. The first-order chi connectivity index (χ1) is 20.9. The topological polar surface area (TPSA) is 83.4 Å². The van der Waals surface area contributed by atoms with Crippen molar-refractivity contribution < 1.29 is 31.5 Å². The Morgan fingerprint density at radius 2 is 1.80 bits per heavy atom. The summed E-state index contributed by atoms with van der Waals surface area (Å²) in [5.41, 5.74) is -0.948. The minimum atomic E-state index is -4.94. The van der Waals surface area contributed by atoms with E-state index in [1.165, 1.54) is 29.4 Å². The molecule has 228 valence electrons. The largest absolute Gasteiger partial charge is 0.419 e. The lowest BCUT2D eigenvalue weighted by atomic mass is 9.85. The molecule has 0 saturated carbocycles. The second-order valence-electron chi connectivity index (χ2n) is 10.7. The number of hydrogen-bond donors (Lipinski definition) is 1. The average Bonchev–Trinajstić information content (AvgIpc) is 3.58. The number of aromatic nitrogens is 3. The summed E-state index contributed by atoms with van der Waals surface area (Å²) in [4.78, 5) is 34.2. The maximum absolute atomic E-state index is 14.2. The molecule has 0 unspecified atom stereocenters. The Kier molecular flexibility index (Phi) is 7.31. The fraction of sp³-hybridized carbons (Fsp3) is 0.267. The van der Waals surface area contributed by atoms with Crippen LogP contribution in [0.25, 0.3) is 16.9 Å². The minimum absolute atomic E-state index is 0.0497. The fourth-order valence-corrected chi connectivity index (χ4v) is 6.06. The van der Waals surface area contributed by atoms with E-state index in [2.05, 4.69) is 15.4 Å². The summed E-state index contributed by atoms with van der Waals surface area (Å²) in [5.74, 6) is -2.68. The van der Waals surface area contributed by atoms with Crippen LogP contribution >= 0.6 is 11.6 Å². The molecule has 1 N–H and O–H groups in total. The molecule has 2 amide bonds. The number of rotatable bonds is 4. The SMILES string of the molecule is Cc1cc(N2CNC(=O)C23CCN(C(=O)c2cc(-c4cccnc4)n(-c4ccc(F)c(C(F)(F)F)c4)n2)CC3)cc(Cl)c1F. The third-order valence-electron chi connectivity index (χ3n) is 8.11. The number of carbonyl (C=O) groups is 2. The summed E-state index contributed by atoms with van der Waals surface area (Å²) in [6.07, 6.45) is -1.45. The molecule has 0 aliphatic carbocycles. The normalized spacial score (nSPS) is 16.5. The average molecular weight is 631 g/mol. The van der Waals surface area contributed by atoms with Gasteiger partial charge < -0.3 is 15.1 Å². The van der Waals surface area contributed by atoms with Crippen LogP contribution in [0.5, 0.6) is 0 Å². The van der Waals surface area contributed by atoms with Gasteiger partial charge in [-0.3, -0.25) is 14.6 Å². The molecule has 2 aliphatic rings. The second kappa shape index (κ2) is 10.9. The van der Waals surface area contributed by atoms with Gasteiger partial charge in [-0.25, -0.2) is 13.5 Å². The zero-order chi connectivity index (χ0) is 31.4. The zero-order valence-corrected chi connectivity index (χ0v) is 23.9. The Hall–Kier alpha value is -4.52. The van der Waals surface area contributed by atoms with Crippen LogP contribution in [-0.2, 0) is 11.0 Å². The van der Waals surface area contributed by atoms with E-state index >= 15 is 0 Å². The summed E-state index contributed by atoms with van der Waals surface area (Å²) in [6, 6.07) is 10.3. The molecule has 2 aromatic carbocycles. The first-order valence-electron chi connectivity index (χ1n) is 13.6. The van der Waals surface area contributed by atoms with Gasteiger partial charge in [-0.15, -0.1) is 0 Å². The second-order valence-corrected chi connectivity index (χ2v) is 11.1. The van der Waals surface area contributed by atoms with Gasteiger partial charge in [0.05, 0.1) is 28.6 Å². The molecule has 2 aliphatic heterocycles. The third-order valence-corrected chi connectivity index (χ3v) is 8.38. The van der Waals surface area contributed by atoms with Crippen molar-refractivity contribution >= 4 is 29.1 Å². The van der Waals surface area contributed by atoms with Crippen LogP contribution in [0.1, 0.15) is 34.5 Å². The van der Waals surface area contributed by atoms with Crippen LogP contribution in [-0.4, -0.2) is 56.8 Å². The Balaban J connectivity index is 1.30. The molecule has 2 saturated heterocycles. The number of nitrogens with one attached hydrogen (secondary N) is 1. The van der Waals surface area contributed by atoms with Crippen LogP contribution in [0.2, 0.25) is 5.02 Å². The molecule has 14 heteroatoms. The number of halogens is 6. The molecule has 1 spiro atoms. The summed E-state index contributed by atoms with van der Waals surface area (Å²) in [6.45, 7) is 2.10. The Labute approximate surface area is 253 Å². The number of carbonyl (C=O) groups excluding carboxylic acids is 2. The van der Waals surface area contributed by atoms with Gasteiger partial charge in [-0.2, -0.15) is 18.3 Å². The third kappa shape index (κ3) is 5.04. The highest BCUT2D eigenvalue weighted by Gasteiger charge is 2.51. The quantitative estimate of drug-likeness (QED) is 0.290. The number of likely N-dealkylation sites (tertiary alicyclic amines) is 1. The first kappa shape index (κ1) is 29.5. The summed E-state index contributed by atoms with van der Waals surface area (Å²) < 4.78 is 69.9. The van der Waals surface area contributed by atoms with Crippen molar-refractivity contribution in [1.82, 2.24) is 25.0 Å². The van der Waals surface area contributed by atoms with Gasteiger partial charge in [-0.05, 0) is 73.9 Å². The lowest BCUT2D eigenvalue weighted by Crippen LogP contribution is -2.57. The summed E-state index contributed by atoms with van der Waals surface area (Å²) in [7, 11) is 0. The van der Waals surface area contributed by atoms with Gasteiger partial charge >= 0.3 is 6.18 Å². The number of anilines is 1. The Bertz CT molecular complexity index is 1750. The molecule has 4 aromatic rings. The van der Waals surface area contributed by atoms with E-state index in [-0.39, 0.29) is 60.6 Å². The monoisotopic (exact) mass is 630 g/mol. The number of aryl methyl sites for hydroxylation is 1. The van der Waals surface area contributed by atoms with E-state index in [1.807, 2.05) is 4.90 Å². The predicted octanol–water partition coefficient (Wildman–Crippen LogP) is 5.76. The van der Waals surface area contributed by atoms with Crippen LogP contribution in [0.4, 0.5) is 27.6 Å². The van der Waals surface area contributed by atoms with E-state index in [4.69, 9.17) is 11.6 Å². The molecule has 0 radical (unpaired) electrons. The van der Waals surface area contributed by atoms with Crippen LogP contribution in [0.3, 0.4) is 0 Å². The first-order valence-corrected chi connectivity index (χ1v) is 14.0. The number of hydrogen-bond acceptors (Lipinski definition) is 5.